The third-order valence-corrected chi connectivity index (χ3v) is 6.97. The number of carbonyl (C=O) groups excluding carboxylic acids is 2. The van der Waals surface area contributed by atoms with Crippen LogP contribution >= 0.6 is 0 Å². The molecule has 4 atom stereocenters. The number of para-hydroxylation sites is 1. The number of rotatable bonds is 4. The predicted octanol–water partition coefficient (Wildman–Crippen LogP) is 2.70. The number of amides is 1. The first-order chi connectivity index (χ1) is 13.6. The number of carbonyl (C=O) groups is 2. The van der Waals surface area contributed by atoms with Crippen LogP contribution in [0.2, 0.25) is 0 Å². The van der Waals surface area contributed by atoms with Gasteiger partial charge in [0, 0.05) is 18.3 Å². The number of nitrogens with one attached hydrogen (secondary N) is 1. The summed E-state index contributed by atoms with van der Waals surface area (Å²) in [6, 6.07) is 8.07. The highest BCUT2D eigenvalue weighted by molar-refractivity contribution is 6.07. The Hall–Kier alpha value is -2.34. The highest BCUT2D eigenvalue weighted by Crippen LogP contribution is 2.53. The van der Waals surface area contributed by atoms with E-state index >= 15 is 0 Å². The Balaban J connectivity index is 1.74. The molecule has 1 amide bonds. The molecular weight excluding hydrogens is 356 g/mol. The Kier molecular flexibility index (Phi) is 4.91. The van der Waals surface area contributed by atoms with Crippen LogP contribution in [-0.4, -0.2) is 50.1 Å². The number of hydrogen-bond acceptors (Lipinski definition) is 5. The van der Waals surface area contributed by atoms with Crippen LogP contribution in [0.4, 0.5) is 5.69 Å². The van der Waals surface area contributed by atoms with E-state index in [1.54, 1.807) is 7.11 Å². The molecule has 2 fully saturated rings. The van der Waals surface area contributed by atoms with Crippen molar-refractivity contribution in [3.63, 3.8) is 0 Å². The molecule has 0 aromatic heterocycles. The number of ether oxygens (including phenoxy) is 2. The van der Waals surface area contributed by atoms with Gasteiger partial charge >= 0.3 is 5.97 Å². The summed E-state index contributed by atoms with van der Waals surface area (Å²) in [6.45, 7) is 3.93. The molecule has 0 aliphatic carbocycles. The van der Waals surface area contributed by atoms with Crippen LogP contribution in [0.25, 0.3) is 0 Å². The summed E-state index contributed by atoms with van der Waals surface area (Å²) in [5.41, 5.74) is 2.05. The van der Waals surface area contributed by atoms with Crippen LogP contribution < -0.4 is 5.32 Å². The van der Waals surface area contributed by atoms with Gasteiger partial charge in [-0.25, -0.2) is 4.79 Å². The van der Waals surface area contributed by atoms with E-state index in [0.29, 0.717) is 11.5 Å². The van der Waals surface area contributed by atoms with Crippen LogP contribution in [0, 0.1) is 11.8 Å². The zero-order valence-electron chi connectivity index (χ0n) is 16.7. The van der Waals surface area contributed by atoms with E-state index in [4.69, 9.17) is 9.47 Å². The molecule has 1 spiro atoms. The largest absolute Gasteiger partial charge is 0.504 e. The summed E-state index contributed by atoms with van der Waals surface area (Å²) in [4.78, 5) is 28.1. The molecule has 3 aliphatic rings. The summed E-state index contributed by atoms with van der Waals surface area (Å²) >= 11 is 0. The number of hydrogen-bond donors (Lipinski definition) is 1. The maximum Gasteiger partial charge on any atom is 0.337 e. The van der Waals surface area contributed by atoms with E-state index in [2.05, 4.69) is 23.2 Å². The Bertz CT molecular complexity index is 821. The molecule has 2 saturated heterocycles. The first-order valence-corrected chi connectivity index (χ1v) is 10.0. The highest BCUT2D eigenvalue weighted by atomic mass is 16.5. The number of fused-ring (bicyclic) bond motifs is 4. The molecule has 0 radical (unpaired) electrons. The maximum absolute atomic E-state index is 13.2. The van der Waals surface area contributed by atoms with Crippen LogP contribution in [0.3, 0.4) is 0 Å². The zero-order valence-corrected chi connectivity index (χ0v) is 16.7. The van der Waals surface area contributed by atoms with Gasteiger partial charge in [0.05, 0.1) is 31.5 Å². The third kappa shape index (κ3) is 2.65. The van der Waals surface area contributed by atoms with Crippen LogP contribution in [0.15, 0.2) is 36.1 Å². The van der Waals surface area contributed by atoms with E-state index < -0.39 is 5.41 Å². The Morgan fingerprint density at radius 1 is 1.36 bits per heavy atom. The van der Waals surface area contributed by atoms with Crippen molar-refractivity contribution in [2.24, 2.45) is 11.8 Å². The second-order valence-electron chi connectivity index (χ2n) is 8.04. The van der Waals surface area contributed by atoms with Crippen molar-refractivity contribution in [1.82, 2.24) is 4.90 Å². The molecular formula is C22H28N2O4. The number of esters is 1. The maximum atomic E-state index is 13.2. The van der Waals surface area contributed by atoms with Gasteiger partial charge in [0.1, 0.15) is 0 Å². The molecule has 1 unspecified atom stereocenters. The number of nitrogens with zero attached hydrogens (tertiary/aromatic N) is 1. The minimum Gasteiger partial charge on any atom is -0.504 e. The first-order valence-electron chi connectivity index (χ1n) is 10.0. The van der Waals surface area contributed by atoms with E-state index in [1.807, 2.05) is 18.2 Å². The van der Waals surface area contributed by atoms with E-state index in [1.165, 1.54) is 13.4 Å². The normalized spacial score (nSPS) is 32.0. The fourth-order valence-corrected chi connectivity index (χ4v) is 5.63. The lowest BCUT2D eigenvalue weighted by Crippen LogP contribution is -2.53. The van der Waals surface area contributed by atoms with E-state index in [-0.39, 0.29) is 23.8 Å². The van der Waals surface area contributed by atoms with Gasteiger partial charge in [-0.15, -0.1) is 0 Å². The van der Waals surface area contributed by atoms with Gasteiger partial charge in [0.2, 0.25) is 5.91 Å². The van der Waals surface area contributed by atoms with Crippen molar-refractivity contribution in [2.75, 3.05) is 32.6 Å². The molecule has 4 rings (SSSR count). The quantitative estimate of drug-likeness (QED) is 0.491. The fraction of sp³-hybridized carbons (Fsp3) is 0.545. The number of benzene rings is 1. The Labute approximate surface area is 165 Å². The zero-order chi connectivity index (χ0) is 19.9. The van der Waals surface area contributed by atoms with Crippen LogP contribution in [0.1, 0.15) is 31.7 Å². The van der Waals surface area contributed by atoms with Crippen molar-refractivity contribution in [1.29, 1.82) is 0 Å². The molecule has 0 bridgehead atoms. The number of methoxy groups -OCH3 is 2. The number of anilines is 1. The monoisotopic (exact) mass is 384 g/mol. The van der Waals surface area contributed by atoms with Crippen molar-refractivity contribution >= 4 is 17.6 Å². The smallest absolute Gasteiger partial charge is 0.337 e. The van der Waals surface area contributed by atoms with Gasteiger partial charge in [-0.1, -0.05) is 31.5 Å². The molecule has 1 N–H and O–H groups in total. The summed E-state index contributed by atoms with van der Waals surface area (Å²) < 4.78 is 10.3. The highest BCUT2D eigenvalue weighted by Gasteiger charge is 2.60. The number of piperidine rings is 1. The molecule has 28 heavy (non-hydrogen) atoms. The second-order valence-corrected chi connectivity index (χ2v) is 8.04. The van der Waals surface area contributed by atoms with Crippen molar-refractivity contribution < 1.29 is 19.1 Å². The van der Waals surface area contributed by atoms with Crippen molar-refractivity contribution in [3.8, 4) is 0 Å². The molecule has 6 nitrogen and oxygen atoms in total. The molecule has 1 aromatic carbocycles. The fourth-order valence-electron chi connectivity index (χ4n) is 5.63. The first kappa shape index (κ1) is 19.0. The molecule has 6 heteroatoms. The molecule has 150 valence electrons. The molecule has 3 aliphatic heterocycles. The lowest BCUT2D eigenvalue weighted by atomic mass is 9.67. The summed E-state index contributed by atoms with van der Waals surface area (Å²) in [5.74, 6) is 0.0769. The topological polar surface area (TPSA) is 67.9 Å². The SMILES string of the molecule is CC[C@H]1CN2CCC3(C(=O)Nc4ccccc43)[C@@H]2C[C@@H]1/C(=C\OC)C(=O)OC. The Morgan fingerprint density at radius 2 is 2.14 bits per heavy atom. The molecule has 0 saturated carbocycles. The average molecular weight is 384 g/mol. The predicted molar refractivity (Wildman–Crippen MR) is 106 cm³/mol. The van der Waals surface area contributed by atoms with Crippen molar-refractivity contribution in [2.45, 2.75) is 37.6 Å². The molecule has 1 aromatic rings. The van der Waals surface area contributed by atoms with Gasteiger partial charge in [0.25, 0.3) is 0 Å². The minimum atomic E-state index is -0.540. The van der Waals surface area contributed by atoms with Gasteiger partial charge in [-0.2, -0.15) is 0 Å². The summed E-state index contributed by atoms with van der Waals surface area (Å²) in [6.07, 6.45) is 4.04. The average Bonchev–Trinajstić information content (AvgIpc) is 3.23. The summed E-state index contributed by atoms with van der Waals surface area (Å²) in [5, 5.41) is 3.10. The lowest BCUT2D eigenvalue weighted by molar-refractivity contribution is -0.137. The minimum absolute atomic E-state index is 0.00851. The van der Waals surface area contributed by atoms with Gasteiger partial charge in [-0.05, 0) is 42.9 Å². The van der Waals surface area contributed by atoms with Crippen LogP contribution in [0.5, 0.6) is 0 Å². The Morgan fingerprint density at radius 3 is 2.86 bits per heavy atom. The summed E-state index contributed by atoms with van der Waals surface area (Å²) in [7, 11) is 2.95. The lowest BCUT2D eigenvalue weighted by Gasteiger charge is -2.45. The van der Waals surface area contributed by atoms with E-state index in [9.17, 15) is 9.59 Å². The molecule has 3 heterocycles. The van der Waals surface area contributed by atoms with Crippen molar-refractivity contribution in [3.05, 3.63) is 41.7 Å². The van der Waals surface area contributed by atoms with Gasteiger partial charge in [-0.3, -0.25) is 9.69 Å². The standard InChI is InChI=1S/C22H28N2O4/c1-4-14-12-24-10-9-22(17-7-5-6-8-18(17)23-21(22)26)19(24)11-15(14)16(13-27-2)20(25)28-3/h5-8,13-15,19H,4,9-12H2,1-3H3,(H,23,26)/b16-13+/t14-,15-,19-,22?/m0/s1. The van der Waals surface area contributed by atoms with Gasteiger partial charge < -0.3 is 14.8 Å². The van der Waals surface area contributed by atoms with Gasteiger partial charge in [0.15, 0.2) is 0 Å². The van der Waals surface area contributed by atoms with Crippen LogP contribution in [-0.2, 0) is 24.5 Å². The third-order valence-electron chi connectivity index (χ3n) is 6.97. The van der Waals surface area contributed by atoms with E-state index in [0.717, 1.165) is 43.6 Å². The second kappa shape index (κ2) is 7.24.